The molecule has 19 heavy (non-hydrogen) atoms. The Bertz CT molecular complexity index is 567. The molecular weight excluding hydrogens is 318 g/mol. The first-order valence-electron chi connectivity index (χ1n) is 6.78. The van der Waals surface area contributed by atoms with Crippen molar-refractivity contribution in [2.24, 2.45) is 0 Å². The van der Waals surface area contributed by atoms with Gasteiger partial charge in [-0.15, -0.1) is 11.3 Å². The molecule has 0 bridgehead atoms. The van der Waals surface area contributed by atoms with E-state index >= 15 is 0 Å². The van der Waals surface area contributed by atoms with Crippen LogP contribution in [-0.2, 0) is 25.9 Å². The SMILES string of the molecule is Cc1cc(CNCc2cc3c(s2)CCC3)ccc1Br. The van der Waals surface area contributed by atoms with E-state index in [4.69, 9.17) is 0 Å². The van der Waals surface area contributed by atoms with Crippen LogP contribution in [0.1, 0.15) is 32.9 Å². The van der Waals surface area contributed by atoms with Crippen LogP contribution >= 0.6 is 27.3 Å². The number of rotatable bonds is 4. The quantitative estimate of drug-likeness (QED) is 0.861. The van der Waals surface area contributed by atoms with E-state index in [2.05, 4.69) is 52.4 Å². The van der Waals surface area contributed by atoms with Crippen molar-refractivity contribution in [3.05, 3.63) is 55.2 Å². The standard InChI is InChI=1S/C16H18BrNS/c1-11-7-12(5-6-15(11)17)9-18-10-14-8-13-3-2-4-16(13)19-14/h5-8,18H,2-4,9-10H2,1H3. The molecule has 3 heteroatoms. The number of thiophene rings is 1. The fourth-order valence-corrected chi connectivity index (χ4v) is 4.10. The van der Waals surface area contributed by atoms with Gasteiger partial charge < -0.3 is 5.32 Å². The number of halogens is 1. The number of hydrogen-bond donors (Lipinski definition) is 1. The molecule has 0 spiro atoms. The van der Waals surface area contributed by atoms with Crippen LogP contribution in [0.2, 0.25) is 0 Å². The van der Waals surface area contributed by atoms with Gasteiger partial charge in [-0.3, -0.25) is 0 Å². The predicted octanol–water partition coefficient (Wildman–Crippen LogP) is 4.60. The van der Waals surface area contributed by atoms with Crippen LogP contribution in [-0.4, -0.2) is 0 Å². The van der Waals surface area contributed by atoms with Crippen molar-refractivity contribution in [2.45, 2.75) is 39.3 Å². The Morgan fingerprint density at radius 3 is 2.89 bits per heavy atom. The molecule has 1 aromatic carbocycles. The number of fused-ring (bicyclic) bond motifs is 1. The fourth-order valence-electron chi connectivity index (χ4n) is 2.62. The molecule has 1 aromatic heterocycles. The minimum Gasteiger partial charge on any atom is -0.308 e. The molecule has 1 aliphatic carbocycles. The van der Waals surface area contributed by atoms with Crippen molar-refractivity contribution in [3.8, 4) is 0 Å². The average Bonchev–Trinajstić information content (AvgIpc) is 2.94. The molecule has 1 aliphatic rings. The Labute approximate surface area is 127 Å². The Hall–Kier alpha value is -0.640. The topological polar surface area (TPSA) is 12.0 Å². The van der Waals surface area contributed by atoms with E-state index in [1.54, 1.807) is 10.4 Å². The molecule has 0 aliphatic heterocycles. The lowest BCUT2D eigenvalue weighted by Crippen LogP contribution is -2.11. The zero-order valence-corrected chi connectivity index (χ0v) is 13.5. The summed E-state index contributed by atoms with van der Waals surface area (Å²) in [6.45, 7) is 4.07. The maximum absolute atomic E-state index is 3.55. The van der Waals surface area contributed by atoms with Crippen LogP contribution in [0.4, 0.5) is 0 Å². The summed E-state index contributed by atoms with van der Waals surface area (Å²) >= 11 is 5.53. The fraction of sp³-hybridized carbons (Fsp3) is 0.375. The first kappa shape index (κ1) is 13.3. The monoisotopic (exact) mass is 335 g/mol. The Kier molecular flexibility index (Phi) is 4.06. The largest absolute Gasteiger partial charge is 0.308 e. The highest BCUT2D eigenvalue weighted by Gasteiger charge is 2.14. The first-order valence-corrected chi connectivity index (χ1v) is 8.39. The van der Waals surface area contributed by atoms with E-state index < -0.39 is 0 Å². The molecule has 0 saturated carbocycles. The summed E-state index contributed by atoms with van der Waals surface area (Å²) < 4.78 is 1.19. The summed E-state index contributed by atoms with van der Waals surface area (Å²) in [6, 6.07) is 8.95. The van der Waals surface area contributed by atoms with Gasteiger partial charge >= 0.3 is 0 Å². The average molecular weight is 336 g/mol. The number of nitrogens with one attached hydrogen (secondary N) is 1. The van der Waals surface area contributed by atoms with Gasteiger partial charge in [-0.2, -0.15) is 0 Å². The van der Waals surface area contributed by atoms with Crippen LogP contribution in [0.3, 0.4) is 0 Å². The van der Waals surface area contributed by atoms with Gasteiger partial charge in [0.1, 0.15) is 0 Å². The van der Waals surface area contributed by atoms with E-state index in [-0.39, 0.29) is 0 Å². The molecule has 0 radical (unpaired) electrons. The smallest absolute Gasteiger partial charge is 0.0303 e. The van der Waals surface area contributed by atoms with Gasteiger partial charge in [0.05, 0.1) is 0 Å². The van der Waals surface area contributed by atoms with Gasteiger partial charge in [0.2, 0.25) is 0 Å². The summed E-state index contributed by atoms with van der Waals surface area (Å²) in [5.74, 6) is 0. The molecule has 2 aromatic rings. The van der Waals surface area contributed by atoms with Gasteiger partial charge in [-0.1, -0.05) is 28.1 Å². The molecule has 1 nitrogen and oxygen atoms in total. The van der Waals surface area contributed by atoms with Gasteiger partial charge in [0.15, 0.2) is 0 Å². The van der Waals surface area contributed by atoms with E-state index in [9.17, 15) is 0 Å². The van der Waals surface area contributed by atoms with Crippen LogP contribution in [0.25, 0.3) is 0 Å². The van der Waals surface area contributed by atoms with E-state index in [0.29, 0.717) is 0 Å². The minimum atomic E-state index is 0.941. The molecule has 0 atom stereocenters. The lowest BCUT2D eigenvalue weighted by Gasteiger charge is -2.06. The predicted molar refractivity (Wildman–Crippen MR) is 85.8 cm³/mol. The number of aryl methyl sites for hydroxylation is 3. The number of benzene rings is 1. The summed E-state index contributed by atoms with van der Waals surface area (Å²) in [6.07, 6.45) is 3.94. The van der Waals surface area contributed by atoms with E-state index in [1.807, 2.05) is 11.3 Å². The van der Waals surface area contributed by atoms with Crippen LogP contribution in [0.5, 0.6) is 0 Å². The van der Waals surface area contributed by atoms with Crippen molar-refractivity contribution < 1.29 is 0 Å². The lowest BCUT2D eigenvalue weighted by molar-refractivity contribution is 0.700. The Balaban J connectivity index is 1.56. The second-order valence-corrected chi connectivity index (χ2v) is 7.28. The number of hydrogen-bond acceptors (Lipinski definition) is 2. The lowest BCUT2D eigenvalue weighted by atomic mass is 10.1. The normalized spacial score (nSPS) is 13.8. The summed E-state index contributed by atoms with van der Waals surface area (Å²) in [5.41, 5.74) is 4.25. The first-order chi connectivity index (χ1) is 9.22. The van der Waals surface area contributed by atoms with Crippen LogP contribution in [0.15, 0.2) is 28.7 Å². The van der Waals surface area contributed by atoms with Gasteiger partial charge in [0.25, 0.3) is 0 Å². The molecule has 0 saturated heterocycles. The highest BCUT2D eigenvalue weighted by atomic mass is 79.9. The summed E-state index contributed by atoms with van der Waals surface area (Å²) in [5, 5.41) is 3.55. The van der Waals surface area contributed by atoms with Crippen molar-refractivity contribution in [3.63, 3.8) is 0 Å². The molecule has 0 unspecified atom stereocenters. The molecule has 0 amide bonds. The highest BCUT2D eigenvalue weighted by molar-refractivity contribution is 9.10. The van der Waals surface area contributed by atoms with Crippen LogP contribution < -0.4 is 5.32 Å². The minimum absolute atomic E-state index is 0.941. The second-order valence-electron chi connectivity index (χ2n) is 5.20. The summed E-state index contributed by atoms with van der Waals surface area (Å²) in [4.78, 5) is 3.11. The third-order valence-corrected chi connectivity index (χ3v) is 5.78. The van der Waals surface area contributed by atoms with E-state index in [1.165, 1.54) is 39.7 Å². The third kappa shape index (κ3) is 3.10. The maximum Gasteiger partial charge on any atom is 0.0303 e. The Morgan fingerprint density at radius 2 is 2.11 bits per heavy atom. The van der Waals surface area contributed by atoms with Crippen molar-refractivity contribution in [1.29, 1.82) is 0 Å². The zero-order chi connectivity index (χ0) is 13.2. The molecule has 1 heterocycles. The van der Waals surface area contributed by atoms with Crippen molar-refractivity contribution in [2.75, 3.05) is 0 Å². The third-order valence-electron chi connectivity index (χ3n) is 3.65. The molecule has 0 fully saturated rings. The van der Waals surface area contributed by atoms with Crippen molar-refractivity contribution in [1.82, 2.24) is 5.32 Å². The molecule has 3 rings (SSSR count). The second kappa shape index (κ2) is 5.78. The molecule has 100 valence electrons. The molecule has 1 N–H and O–H groups in total. The summed E-state index contributed by atoms with van der Waals surface area (Å²) in [7, 11) is 0. The van der Waals surface area contributed by atoms with Crippen LogP contribution in [0, 0.1) is 6.92 Å². The zero-order valence-electron chi connectivity index (χ0n) is 11.1. The Morgan fingerprint density at radius 1 is 1.21 bits per heavy atom. The molecular formula is C16H18BrNS. The van der Waals surface area contributed by atoms with Gasteiger partial charge in [0, 0.05) is 27.3 Å². The highest BCUT2D eigenvalue weighted by Crippen LogP contribution is 2.30. The van der Waals surface area contributed by atoms with Gasteiger partial charge in [-0.05, 0) is 55.0 Å². The maximum atomic E-state index is 3.55. The van der Waals surface area contributed by atoms with E-state index in [0.717, 1.165) is 13.1 Å². The van der Waals surface area contributed by atoms with Crippen molar-refractivity contribution >= 4 is 27.3 Å². The van der Waals surface area contributed by atoms with Gasteiger partial charge in [-0.25, -0.2) is 0 Å².